The van der Waals surface area contributed by atoms with E-state index in [9.17, 15) is 28.1 Å². The largest absolute Gasteiger partial charge is 0.455 e. The number of ether oxygens (including phenoxy) is 1. The van der Waals surface area contributed by atoms with E-state index in [1.165, 1.54) is 31.2 Å². The van der Waals surface area contributed by atoms with Gasteiger partial charge in [-0.2, -0.15) is 0 Å². The van der Waals surface area contributed by atoms with Crippen molar-refractivity contribution in [2.75, 3.05) is 0 Å². The molecule has 0 fully saturated rings. The van der Waals surface area contributed by atoms with E-state index in [4.69, 9.17) is 4.74 Å². The Morgan fingerprint density at radius 1 is 1.31 bits per heavy atom. The van der Waals surface area contributed by atoms with Gasteiger partial charge in [0.25, 0.3) is 0 Å². The molecule has 137 valence electrons. The molecule has 26 heavy (non-hydrogen) atoms. The fraction of sp³-hybridized carbons (Fsp3) is 0.188. The van der Waals surface area contributed by atoms with Crippen LogP contribution in [0, 0.1) is 23.6 Å². The molecule has 0 bridgehead atoms. The maximum Gasteiger partial charge on any atom is 0.353 e. The molecule has 0 saturated carbocycles. The minimum Gasteiger partial charge on any atom is -0.455 e. The number of H-pyrrole nitrogens is 1. The molecular weight excluding hydrogens is 364 g/mol. The lowest BCUT2D eigenvalue weighted by atomic mass is 10.2. The van der Waals surface area contributed by atoms with E-state index >= 15 is 0 Å². The summed E-state index contributed by atoms with van der Waals surface area (Å²) in [6.45, 7) is 4.06. The second-order valence-corrected chi connectivity index (χ2v) is 7.07. The number of hydrogen-bond acceptors (Lipinski definition) is 7. The molecule has 10 heteroatoms. The minimum absolute atomic E-state index is 0.149. The van der Waals surface area contributed by atoms with E-state index in [-0.39, 0.29) is 10.6 Å². The van der Waals surface area contributed by atoms with E-state index in [0.29, 0.717) is 6.42 Å². The van der Waals surface area contributed by atoms with Gasteiger partial charge in [-0.25, -0.2) is 13.2 Å². The molecule has 1 N–H and O–H groups in total. The van der Waals surface area contributed by atoms with Crippen LogP contribution in [0.4, 0.5) is 5.69 Å². The molecule has 0 aliphatic carbocycles. The van der Waals surface area contributed by atoms with Crippen molar-refractivity contribution in [3.05, 3.63) is 68.7 Å². The van der Waals surface area contributed by atoms with Gasteiger partial charge in [0.2, 0.25) is 9.84 Å². The number of esters is 1. The number of pyridine rings is 1. The van der Waals surface area contributed by atoms with Crippen molar-refractivity contribution < 1.29 is 22.9 Å². The van der Waals surface area contributed by atoms with Crippen LogP contribution >= 0.6 is 0 Å². The number of carbonyl (C=O) groups excluding carboxylic acids is 1. The van der Waals surface area contributed by atoms with Crippen molar-refractivity contribution in [2.24, 2.45) is 0 Å². The third kappa shape index (κ3) is 3.49. The number of hydrogen-bond donors (Lipinski definition) is 1. The van der Waals surface area contributed by atoms with Crippen molar-refractivity contribution in [1.29, 1.82) is 0 Å². The van der Waals surface area contributed by atoms with Crippen LogP contribution in [0.3, 0.4) is 0 Å². The van der Waals surface area contributed by atoms with E-state index in [2.05, 4.69) is 4.98 Å². The highest BCUT2D eigenvalue weighted by Crippen LogP contribution is 2.31. The van der Waals surface area contributed by atoms with Crippen LogP contribution < -0.4 is 5.56 Å². The number of aryl methyl sites for hydroxylation is 1. The molecule has 0 saturated heterocycles. The summed E-state index contributed by atoms with van der Waals surface area (Å²) in [5, 5.41) is 11.4. The normalized spacial score (nSPS) is 11.2. The average molecular weight is 379 g/mol. The Morgan fingerprint density at radius 3 is 2.46 bits per heavy atom. The number of benzene rings is 1. The van der Waals surface area contributed by atoms with E-state index in [1.807, 2.05) is 0 Å². The first-order chi connectivity index (χ1) is 12.2. The van der Waals surface area contributed by atoms with Gasteiger partial charge in [0, 0.05) is 5.69 Å². The number of carbonyl (C=O) groups is 1. The topological polar surface area (TPSA) is 136 Å². The molecule has 9 nitrogen and oxygen atoms in total. The first-order valence-electron chi connectivity index (χ1n) is 7.45. The second-order valence-electron chi connectivity index (χ2n) is 5.19. The van der Waals surface area contributed by atoms with Gasteiger partial charge in [0.1, 0.15) is 12.2 Å². The fourth-order valence-corrected chi connectivity index (χ4v) is 3.97. The third-order valence-electron chi connectivity index (χ3n) is 3.40. The summed E-state index contributed by atoms with van der Waals surface area (Å²) >= 11 is 0. The summed E-state index contributed by atoms with van der Waals surface area (Å²) in [5.41, 5.74) is -3.18. The van der Waals surface area contributed by atoms with E-state index in [0.717, 1.165) is 6.61 Å². The Labute approximate surface area is 148 Å². The first-order valence-corrected chi connectivity index (χ1v) is 8.94. The van der Waals surface area contributed by atoms with Crippen LogP contribution in [-0.2, 0) is 14.6 Å². The van der Waals surface area contributed by atoms with Crippen molar-refractivity contribution >= 4 is 21.5 Å². The first kappa shape index (κ1) is 19.3. The van der Waals surface area contributed by atoms with Gasteiger partial charge in [0.05, 0.1) is 9.82 Å². The van der Waals surface area contributed by atoms with Crippen LogP contribution in [0.1, 0.15) is 29.4 Å². The molecule has 0 atom stereocenters. The number of aromatic amines is 1. The smallest absolute Gasteiger partial charge is 0.353 e. The minimum atomic E-state index is -4.54. The maximum absolute atomic E-state index is 13.0. The highest BCUT2D eigenvalue weighted by atomic mass is 32.2. The number of nitrogens with zero attached hydrogens (tertiary/aromatic N) is 1. The molecule has 2 rings (SSSR count). The van der Waals surface area contributed by atoms with Crippen LogP contribution in [0.15, 0.2) is 44.9 Å². The quantitative estimate of drug-likeness (QED) is 0.461. The molecular formula is C16H15N2O7S. The summed E-state index contributed by atoms with van der Waals surface area (Å²) in [6, 6.07) is 6.82. The summed E-state index contributed by atoms with van der Waals surface area (Å²) in [5.74, 6) is -1.11. The fourth-order valence-electron chi connectivity index (χ4n) is 2.29. The molecule has 1 heterocycles. The standard InChI is InChI=1S/C16H15N2O7S/c1-3-9-25-16(20)12-10(2)17-15(19)13(18(21)22)14(12)26(23,24)11-7-5-4-6-8-11/h4-9H,3H2,1-2H3,(H,17,19). The van der Waals surface area contributed by atoms with Crippen molar-refractivity contribution in [2.45, 2.75) is 30.1 Å². The van der Waals surface area contributed by atoms with Gasteiger partial charge < -0.3 is 9.72 Å². The predicted molar refractivity (Wildman–Crippen MR) is 90.4 cm³/mol. The summed E-state index contributed by atoms with van der Waals surface area (Å²) in [6.07, 6.45) is 0.344. The second kappa shape index (κ2) is 7.48. The van der Waals surface area contributed by atoms with Crippen LogP contribution in [0.25, 0.3) is 0 Å². The maximum atomic E-state index is 13.0. The molecule has 1 radical (unpaired) electrons. The van der Waals surface area contributed by atoms with Gasteiger partial charge in [-0.3, -0.25) is 14.9 Å². The molecule has 0 aliphatic rings. The molecule has 0 unspecified atom stereocenters. The molecule has 2 aromatic rings. The van der Waals surface area contributed by atoms with Crippen LogP contribution in [0.2, 0.25) is 0 Å². The van der Waals surface area contributed by atoms with Gasteiger partial charge in [-0.1, -0.05) is 25.1 Å². The number of aromatic nitrogens is 1. The van der Waals surface area contributed by atoms with E-state index < -0.39 is 42.4 Å². The monoisotopic (exact) mass is 379 g/mol. The van der Waals surface area contributed by atoms with Gasteiger partial charge >= 0.3 is 17.2 Å². The predicted octanol–water partition coefficient (Wildman–Crippen LogP) is 2.15. The van der Waals surface area contributed by atoms with Gasteiger partial charge in [-0.05, 0) is 25.5 Å². The third-order valence-corrected chi connectivity index (χ3v) is 5.23. The van der Waals surface area contributed by atoms with E-state index in [1.54, 1.807) is 13.0 Å². The van der Waals surface area contributed by atoms with Crippen molar-refractivity contribution in [3.63, 3.8) is 0 Å². The lowest BCUT2D eigenvalue weighted by Crippen LogP contribution is -2.24. The Balaban J connectivity index is 2.91. The number of nitro groups is 1. The number of nitrogens with one attached hydrogen (secondary N) is 1. The van der Waals surface area contributed by atoms with Crippen molar-refractivity contribution in [1.82, 2.24) is 4.98 Å². The highest BCUT2D eigenvalue weighted by Gasteiger charge is 2.38. The zero-order chi connectivity index (χ0) is 19.5. The summed E-state index contributed by atoms with van der Waals surface area (Å²) in [4.78, 5) is 35.5. The zero-order valence-corrected chi connectivity index (χ0v) is 14.7. The van der Waals surface area contributed by atoms with Crippen LogP contribution in [-0.4, -0.2) is 24.3 Å². The Bertz CT molecular complexity index is 1010. The summed E-state index contributed by atoms with van der Waals surface area (Å²) in [7, 11) is -4.54. The molecule has 0 aliphatic heterocycles. The highest BCUT2D eigenvalue weighted by molar-refractivity contribution is 7.91. The van der Waals surface area contributed by atoms with Crippen LogP contribution in [0.5, 0.6) is 0 Å². The van der Waals surface area contributed by atoms with Gasteiger partial charge in [0.15, 0.2) is 4.90 Å². The Hall–Kier alpha value is -3.01. The van der Waals surface area contributed by atoms with Gasteiger partial charge in [-0.15, -0.1) is 0 Å². The average Bonchev–Trinajstić information content (AvgIpc) is 2.59. The summed E-state index contributed by atoms with van der Waals surface area (Å²) < 4.78 is 30.8. The molecule has 1 aromatic heterocycles. The SMILES string of the molecule is CC[CH]OC(=O)c1c(C)[nH]c(=O)c([N+](=O)[O-])c1S(=O)(=O)c1ccccc1. The lowest BCUT2D eigenvalue weighted by Gasteiger charge is -2.12. The Morgan fingerprint density at radius 2 is 1.92 bits per heavy atom. The van der Waals surface area contributed by atoms with Crippen molar-refractivity contribution in [3.8, 4) is 0 Å². The molecule has 0 spiro atoms. The number of sulfone groups is 1. The molecule has 0 amide bonds. The lowest BCUT2D eigenvalue weighted by molar-refractivity contribution is -0.389. The molecule has 1 aromatic carbocycles. The zero-order valence-electron chi connectivity index (χ0n) is 13.9. The Kier molecular flexibility index (Phi) is 5.56. The number of rotatable bonds is 6.